The van der Waals surface area contributed by atoms with Gasteiger partial charge in [-0.3, -0.25) is 9.69 Å². The van der Waals surface area contributed by atoms with Crippen molar-refractivity contribution in [2.24, 2.45) is 0 Å². The van der Waals surface area contributed by atoms with Crippen molar-refractivity contribution in [1.29, 1.82) is 5.26 Å². The van der Waals surface area contributed by atoms with Gasteiger partial charge in [0, 0.05) is 12.1 Å². The highest BCUT2D eigenvalue weighted by molar-refractivity contribution is 5.81. The van der Waals surface area contributed by atoms with Crippen LogP contribution in [0.2, 0.25) is 0 Å². The fourth-order valence-electron chi connectivity index (χ4n) is 2.41. The van der Waals surface area contributed by atoms with Gasteiger partial charge in [-0.1, -0.05) is 19.3 Å². The van der Waals surface area contributed by atoms with Gasteiger partial charge in [-0.2, -0.15) is 5.26 Å². The van der Waals surface area contributed by atoms with Gasteiger partial charge in [0.05, 0.1) is 18.5 Å². The molecule has 1 amide bonds. The van der Waals surface area contributed by atoms with Crippen molar-refractivity contribution in [1.82, 2.24) is 10.2 Å². The van der Waals surface area contributed by atoms with Crippen molar-refractivity contribution in [3.05, 3.63) is 0 Å². The molecule has 18 heavy (non-hydrogen) atoms. The summed E-state index contributed by atoms with van der Waals surface area (Å²) >= 11 is 0. The second kappa shape index (κ2) is 7.38. The Kier molecular flexibility index (Phi) is 6.14. The van der Waals surface area contributed by atoms with Gasteiger partial charge in [-0.15, -0.1) is 0 Å². The van der Waals surface area contributed by atoms with Crippen LogP contribution in [-0.4, -0.2) is 36.0 Å². The van der Waals surface area contributed by atoms with E-state index in [1.54, 1.807) is 0 Å². The van der Waals surface area contributed by atoms with Gasteiger partial charge in [0.25, 0.3) is 0 Å². The Morgan fingerprint density at radius 3 is 2.56 bits per heavy atom. The molecule has 1 rings (SSSR count). The molecule has 4 heteroatoms. The van der Waals surface area contributed by atoms with Crippen LogP contribution in [0.25, 0.3) is 0 Å². The van der Waals surface area contributed by atoms with Crippen molar-refractivity contribution in [2.75, 3.05) is 7.05 Å². The van der Waals surface area contributed by atoms with E-state index in [2.05, 4.69) is 11.4 Å². The molecule has 0 spiro atoms. The zero-order valence-electron chi connectivity index (χ0n) is 11.8. The van der Waals surface area contributed by atoms with Gasteiger partial charge >= 0.3 is 0 Å². The second-order valence-electron chi connectivity index (χ2n) is 5.40. The summed E-state index contributed by atoms with van der Waals surface area (Å²) in [5.41, 5.74) is 0. The fourth-order valence-corrected chi connectivity index (χ4v) is 2.41. The van der Waals surface area contributed by atoms with Crippen LogP contribution in [0, 0.1) is 11.3 Å². The van der Waals surface area contributed by atoms with Gasteiger partial charge in [0.1, 0.15) is 0 Å². The molecule has 2 atom stereocenters. The highest BCUT2D eigenvalue weighted by Gasteiger charge is 2.24. The van der Waals surface area contributed by atoms with Gasteiger partial charge in [0.15, 0.2) is 0 Å². The highest BCUT2D eigenvalue weighted by atomic mass is 16.2. The van der Waals surface area contributed by atoms with Crippen molar-refractivity contribution in [3.63, 3.8) is 0 Å². The molecular weight excluding hydrogens is 226 g/mol. The van der Waals surface area contributed by atoms with Gasteiger partial charge < -0.3 is 5.32 Å². The summed E-state index contributed by atoms with van der Waals surface area (Å²) in [6.07, 6.45) is 6.41. The Morgan fingerprint density at radius 2 is 2.00 bits per heavy atom. The van der Waals surface area contributed by atoms with Crippen LogP contribution in [0.5, 0.6) is 0 Å². The molecule has 0 bridgehead atoms. The molecule has 4 nitrogen and oxygen atoms in total. The molecule has 1 saturated carbocycles. The first kappa shape index (κ1) is 15.0. The Morgan fingerprint density at radius 1 is 1.39 bits per heavy atom. The monoisotopic (exact) mass is 251 g/mol. The predicted molar refractivity (Wildman–Crippen MR) is 71.9 cm³/mol. The van der Waals surface area contributed by atoms with E-state index in [1.165, 1.54) is 19.3 Å². The molecule has 0 aromatic heterocycles. The third-order valence-corrected chi connectivity index (χ3v) is 4.02. The Hall–Kier alpha value is -1.08. The van der Waals surface area contributed by atoms with Crippen LogP contribution < -0.4 is 5.32 Å². The minimum Gasteiger partial charge on any atom is -0.352 e. The Bertz CT molecular complexity index is 305. The summed E-state index contributed by atoms with van der Waals surface area (Å²) in [6.45, 7) is 3.89. The van der Waals surface area contributed by atoms with E-state index in [1.807, 2.05) is 25.8 Å². The third-order valence-electron chi connectivity index (χ3n) is 4.02. The van der Waals surface area contributed by atoms with E-state index < -0.39 is 0 Å². The molecule has 1 aliphatic carbocycles. The summed E-state index contributed by atoms with van der Waals surface area (Å²) in [5, 5.41) is 11.8. The summed E-state index contributed by atoms with van der Waals surface area (Å²) in [7, 11) is 1.91. The van der Waals surface area contributed by atoms with E-state index >= 15 is 0 Å². The summed E-state index contributed by atoms with van der Waals surface area (Å²) in [6, 6.07) is 2.45. The quantitative estimate of drug-likeness (QED) is 0.813. The van der Waals surface area contributed by atoms with Crippen molar-refractivity contribution < 1.29 is 4.79 Å². The smallest absolute Gasteiger partial charge is 0.237 e. The molecule has 0 heterocycles. The van der Waals surface area contributed by atoms with E-state index in [-0.39, 0.29) is 18.0 Å². The number of hydrogen-bond donors (Lipinski definition) is 1. The Labute approximate surface area is 110 Å². The maximum atomic E-state index is 12.1. The van der Waals surface area contributed by atoms with E-state index in [0.717, 1.165) is 12.8 Å². The standard InChI is InChI=1S/C14H25N3O/c1-11(9-10-15)17(3)12(2)14(18)16-13-7-5-4-6-8-13/h11-13H,4-9H2,1-3H3,(H,16,18). The summed E-state index contributed by atoms with van der Waals surface area (Å²) in [5.74, 6) is 0.0918. The number of amides is 1. The summed E-state index contributed by atoms with van der Waals surface area (Å²) < 4.78 is 0. The van der Waals surface area contributed by atoms with Crippen LogP contribution in [-0.2, 0) is 4.79 Å². The first-order valence-corrected chi connectivity index (χ1v) is 6.95. The topological polar surface area (TPSA) is 56.1 Å². The number of hydrogen-bond acceptors (Lipinski definition) is 3. The van der Waals surface area contributed by atoms with Crippen LogP contribution in [0.1, 0.15) is 52.4 Å². The second-order valence-corrected chi connectivity index (χ2v) is 5.40. The lowest BCUT2D eigenvalue weighted by atomic mass is 9.95. The van der Waals surface area contributed by atoms with Crippen LogP contribution in [0.4, 0.5) is 0 Å². The first-order chi connectivity index (χ1) is 8.56. The molecule has 1 N–H and O–H groups in total. The van der Waals surface area contributed by atoms with Gasteiger partial charge in [-0.25, -0.2) is 0 Å². The number of likely N-dealkylation sites (N-methyl/N-ethyl adjacent to an activating group) is 1. The van der Waals surface area contributed by atoms with Crippen LogP contribution in [0.3, 0.4) is 0 Å². The SMILES string of the molecule is CC(CC#N)N(C)C(C)C(=O)NC1CCCCC1. The average Bonchev–Trinajstić information content (AvgIpc) is 2.38. The lowest BCUT2D eigenvalue weighted by Gasteiger charge is -2.31. The largest absolute Gasteiger partial charge is 0.352 e. The number of carbonyl (C=O) groups excluding carboxylic acids is 1. The van der Waals surface area contributed by atoms with Gasteiger partial charge in [0.2, 0.25) is 5.91 Å². The molecule has 0 aliphatic heterocycles. The Balaban J connectivity index is 2.42. The number of nitriles is 1. The number of nitrogens with zero attached hydrogens (tertiary/aromatic N) is 2. The third kappa shape index (κ3) is 4.30. The molecule has 0 saturated heterocycles. The predicted octanol–water partition coefficient (Wildman–Crippen LogP) is 2.06. The van der Waals surface area contributed by atoms with Crippen molar-refractivity contribution in [3.8, 4) is 6.07 Å². The van der Waals surface area contributed by atoms with E-state index in [0.29, 0.717) is 12.5 Å². The average molecular weight is 251 g/mol. The molecule has 1 aliphatic rings. The van der Waals surface area contributed by atoms with Crippen LogP contribution in [0.15, 0.2) is 0 Å². The summed E-state index contributed by atoms with van der Waals surface area (Å²) in [4.78, 5) is 14.1. The normalized spacial score (nSPS) is 20.2. The molecular formula is C14H25N3O. The molecule has 1 fully saturated rings. The number of rotatable bonds is 5. The fraction of sp³-hybridized carbons (Fsp3) is 0.857. The maximum absolute atomic E-state index is 12.1. The van der Waals surface area contributed by atoms with Gasteiger partial charge in [-0.05, 0) is 33.7 Å². The minimum absolute atomic E-state index is 0.0918. The first-order valence-electron chi connectivity index (χ1n) is 6.95. The lowest BCUT2D eigenvalue weighted by molar-refractivity contribution is -0.127. The minimum atomic E-state index is -0.171. The van der Waals surface area contributed by atoms with Crippen molar-refractivity contribution in [2.45, 2.75) is 70.5 Å². The zero-order chi connectivity index (χ0) is 13.5. The van der Waals surface area contributed by atoms with E-state index in [4.69, 9.17) is 5.26 Å². The molecule has 0 radical (unpaired) electrons. The van der Waals surface area contributed by atoms with E-state index in [9.17, 15) is 4.79 Å². The molecule has 0 aromatic carbocycles. The lowest BCUT2D eigenvalue weighted by Crippen LogP contribution is -2.49. The zero-order valence-corrected chi connectivity index (χ0v) is 11.8. The molecule has 102 valence electrons. The van der Waals surface area contributed by atoms with Crippen LogP contribution >= 0.6 is 0 Å². The van der Waals surface area contributed by atoms with Crippen molar-refractivity contribution >= 4 is 5.91 Å². The number of nitrogens with one attached hydrogen (secondary N) is 1. The molecule has 0 aromatic rings. The molecule has 2 unspecified atom stereocenters. The highest BCUT2D eigenvalue weighted by Crippen LogP contribution is 2.17. The maximum Gasteiger partial charge on any atom is 0.237 e. The number of carbonyl (C=O) groups is 1.